The van der Waals surface area contributed by atoms with Crippen molar-refractivity contribution < 1.29 is 15.0 Å². The van der Waals surface area contributed by atoms with E-state index in [2.05, 4.69) is 0 Å². The first-order valence-electron chi connectivity index (χ1n) is 5.83. The van der Waals surface area contributed by atoms with Crippen molar-refractivity contribution >= 4 is 11.7 Å². The van der Waals surface area contributed by atoms with Crippen molar-refractivity contribution in [2.24, 2.45) is 0 Å². The largest absolute Gasteiger partial charge is 0.479 e. The van der Waals surface area contributed by atoms with Gasteiger partial charge in [-0.05, 0) is 35.7 Å². The van der Waals surface area contributed by atoms with Crippen molar-refractivity contribution in [2.75, 3.05) is 5.73 Å². The number of benzene rings is 2. The quantitative estimate of drug-likeness (QED) is 0.736. The minimum Gasteiger partial charge on any atom is -0.479 e. The fourth-order valence-electron chi connectivity index (χ4n) is 1.79. The van der Waals surface area contributed by atoms with Crippen LogP contribution in [0.5, 0.6) is 0 Å². The summed E-state index contributed by atoms with van der Waals surface area (Å²) in [6.45, 7) is 1.26. The van der Waals surface area contributed by atoms with Crippen molar-refractivity contribution in [3.05, 3.63) is 54.1 Å². The number of aliphatic carboxylic acids is 1. The highest BCUT2D eigenvalue weighted by Gasteiger charge is 2.31. The van der Waals surface area contributed by atoms with Gasteiger partial charge in [-0.1, -0.05) is 36.4 Å². The molecule has 19 heavy (non-hydrogen) atoms. The van der Waals surface area contributed by atoms with E-state index in [1.54, 1.807) is 36.4 Å². The molecule has 98 valence electrons. The lowest BCUT2D eigenvalue weighted by Crippen LogP contribution is -2.31. The monoisotopic (exact) mass is 257 g/mol. The normalized spacial score (nSPS) is 13.8. The average Bonchev–Trinajstić information content (AvgIpc) is 2.39. The number of nitrogens with two attached hydrogens (primary N) is 1. The number of hydrogen-bond donors (Lipinski definition) is 3. The van der Waals surface area contributed by atoms with E-state index in [9.17, 15) is 9.90 Å². The first-order chi connectivity index (χ1) is 8.91. The number of carbonyl (C=O) groups is 1. The predicted octanol–water partition coefficient (Wildman–Crippen LogP) is 2.23. The fraction of sp³-hybridized carbons (Fsp3) is 0.133. The van der Waals surface area contributed by atoms with Gasteiger partial charge in [0, 0.05) is 5.69 Å². The van der Waals surface area contributed by atoms with Crippen LogP contribution < -0.4 is 5.73 Å². The van der Waals surface area contributed by atoms with Gasteiger partial charge in [-0.15, -0.1) is 0 Å². The number of anilines is 1. The molecule has 0 aliphatic carbocycles. The van der Waals surface area contributed by atoms with Gasteiger partial charge in [0.15, 0.2) is 5.60 Å². The van der Waals surface area contributed by atoms with E-state index < -0.39 is 11.6 Å². The lowest BCUT2D eigenvalue weighted by atomic mass is 9.94. The smallest absolute Gasteiger partial charge is 0.340 e. The second-order valence-electron chi connectivity index (χ2n) is 4.58. The second-order valence-corrected chi connectivity index (χ2v) is 4.58. The molecule has 0 aromatic heterocycles. The van der Waals surface area contributed by atoms with E-state index >= 15 is 0 Å². The molecule has 1 unspecified atom stereocenters. The third-order valence-corrected chi connectivity index (χ3v) is 3.11. The van der Waals surface area contributed by atoms with Crippen LogP contribution in [-0.4, -0.2) is 16.2 Å². The van der Waals surface area contributed by atoms with Crippen molar-refractivity contribution in [1.29, 1.82) is 0 Å². The third-order valence-electron chi connectivity index (χ3n) is 3.11. The van der Waals surface area contributed by atoms with Gasteiger partial charge in [-0.2, -0.15) is 0 Å². The Morgan fingerprint density at radius 2 is 1.42 bits per heavy atom. The van der Waals surface area contributed by atoms with Crippen LogP contribution in [-0.2, 0) is 10.4 Å². The maximum atomic E-state index is 10.9. The van der Waals surface area contributed by atoms with Crippen LogP contribution in [0, 0.1) is 0 Å². The van der Waals surface area contributed by atoms with E-state index in [-0.39, 0.29) is 0 Å². The Morgan fingerprint density at radius 3 is 1.84 bits per heavy atom. The Hall–Kier alpha value is -2.33. The topological polar surface area (TPSA) is 83.5 Å². The highest BCUT2D eigenvalue weighted by atomic mass is 16.4. The highest BCUT2D eigenvalue weighted by molar-refractivity contribution is 5.79. The number of carboxylic acids is 1. The van der Waals surface area contributed by atoms with Crippen molar-refractivity contribution in [3.63, 3.8) is 0 Å². The molecule has 4 heteroatoms. The molecule has 0 saturated heterocycles. The summed E-state index contributed by atoms with van der Waals surface area (Å²) < 4.78 is 0. The van der Waals surface area contributed by atoms with E-state index in [0.29, 0.717) is 11.3 Å². The molecule has 0 amide bonds. The molecule has 0 aliphatic heterocycles. The van der Waals surface area contributed by atoms with Gasteiger partial charge in [-0.3, -0.25) is 0 Å². The predicted molar refractivity (Wildman–Crippen MR) is 73.5 cm³/mol. The molecule has 2 aromatic carbocycles. The van der Waals surface area contributed by atoms with Gasteiger partial charge >= 0.3 is 5.97 Å². The summed E-state index contributed by atoms with van der Waals surface area (Å²) in [7, 11) is 0. The van der Waals surface area contributed by atoms with Gasteiger partial charge in [0.05, 0.1) is 0 Å². The zero-order valence-corrected chi connectivity index (χ0v) is 10.5. The summed E-state index contributed by atoms with van der Waals surface area (Å²) in [5, 5.41) is 18.8. The van der Waals surface area contributed by atoms with Crippen LogP contribution in [0.3, 0.4) is 0 Å². The van der Waals surface area contributed by atoms with Crippen molar-refractivity contribution in [2.45, 2.75) is 12.5 Å². The summed E-state index contributed by atoms with van der Waals surface area (Å²) >= 11 is 0. The molecule has 0 heterocycles. The number of nitrogen functional groups attached to an aromatic ring is 1. The Bertz CT molecular complexity index is 586. The summed E-state index contributed by atoms with van der Waals surface area (Å²) in [6, 6.07) is 14.2. The summed E-state index contributed by atoms with van der Waals surface area (Å²) in [4.78, 5) is 10.9. The molecular formula is C15H15NO3. The van der Waals surface area contributed by atoms with Gasteiger partial charge < -0.3 is 15.9 Å². The lowest BCUT2D eigenvalue weighted by Gasteiger charge is -2.18. The molecular weight excluding hydrogens is 242 g/mol. The SMILES string of the molecule is CC(O)(C(=O)O)c1ccc(-c2ccc(N)cc2)cc1. The Kier molecular flexibility index (Phi) is 3.27. The first-order valence-corrected chi connectivity index (χ1v) is 5.83. The van der Waals surface area contributed by atoms with Crippen LogP contribution in [0.1, 0.15) is 12.5 Å². The molecule has 2 aromatic rings. The molecule has 4 N–H and O–H groups in total. The van der Waals surface area contributed by atoms with Crippen LogP contribution in [0.2, 0.25) is 0 Å². The fourth-order valence-corrected chi connectivity index (χ4v) is 1.79. The molecule has 2 rings (SSSR count). The Labute approximate surface area is 111 Å². The Morgan fingerprint density at radius 1 is 1.00 bits per heavy atom. The molecule has 4 nitrogen and oxygen atoms in total. The van der Waals surface area contributed by atoms with Crippen LogP contribution >= 0.6 is 0 Å². The summed E-state index contributed by atoms with van der Waals surface area (Å²) in [5.41, 5.74) is 6.70. The number of carboxylic acid groups (broad SMARTS) is 1. The Balaban J connectivity index is 2.33. The minimum atomic E-state index is -1.88. The molecule has 0 fully saturated rings. The zero-order valence-electron chi connectivity index (χ0n) is 10.5. The number of hydrogen-bond acceptors (Lipinski definition) is 3. The first kappa shape index (κ1) is 13.1. The molecule has 0 spiro atoms. The van der Waals surface area contributed by atoms with Gasteiger partial charge in [0.1, 0.15) is 0 Å². The standard InChI is InChI=1S/C15H15NO3/c1-15(19,14(17)18)12-6-2-10(3-7-12)11-4-8-13(16)9-5-11/h2-9,19H,16H2,1H3,(H,17,18). The number of rotatable bonds is 3. The number of aliphatic hydroxyl groups is 1. The lowest BCUT2D eigenvalue weighted by molar-refractivity contribution is -0.157. The summed E-state index contributed by atoms with van der Waals surface area (Å²) in [6.07, 6.45) is 0. The van der Waals surface area contributed by atoms with Gasteiger partial charge in [-0.25, -0.2) is 4.79 Å². The minimum absolute atomic E-state index is 0.346. The molecule has 0 bridgehead atoms. The van der Waals surface area contributed by atoms with Crippen LogP contribution in [0.25, 0.3) is 11.1 Å². The van der Waals surface area contributed by atoms with Gasteiger partial charge in [0.25, 0.3) is 0 Å². The van der Waals surface area contributed by atoms with E-state index in [1.807, 2.05) is 12.1 Å². The molecule has 0 radical (unpaired) electrons. The van der Waals surface area contributed by atoms with Gasteiger partial charge in [0.2, 0.25) is 0 Å². The van der Waals surface area contributed by atoms with E-state index in [4.69, 9.17) is 10.8 Å². The maximum Gasteiger partial charge on any atom is 0.340 e. The molecule has 0 saturated carbocycles. The third kappa shape index (κ3) is 2.58. The van der Waals surface area contributed by atoms with E-state index in [1.165, 1.54) is 6.92 Å². The molecule has 0 aliphatic rings. The maximum absolute atomic E-state index is 10.9. The highest BCUT2D eigenvalue weighted by Crippen LogP contribution is 2.25. The summed E-state index contributed by atoms with van der Waals surface area (Å²) in [5.74, 6) is -1.27. The van der Waals surface area contributed by atoms with Crippen molar-refractivity contribution in [1.82, 2.24) is 0 Å². The van der Waals surface area contributed by atoms with E-state index in [0.717, 1.165) is 11.1 Å². The zero-order chi connectivity index (χ0) is 14.0. The average molecular weight is 257 g/mol. The van der Waals surface area contributed by atoms with Crippen LogP contribution in [0.4, 0.5) is 5.69 Å². The van der Waals surface area contributed by atoms with Crippen LogP contribution in [0.15, 0.2) is 48.5 Å². The second kappa shape index (κ2) is 4.74. The van der Waals surface area contributed by atoms with Crippen molar-refractivity contribution in [3.8, 4) is 11.1 Å². The molecule has 1 atom stereocenters.